The Morgan fingerprint density at radius 3 is 2.58 bits per heavy atom. The predicted molar refractivity (Wildman–Crippen MR) is 93.4 cm³/mol. The summed E-state index contributed by atoms with van der Waals surface area (Å²) in [5, 5.41) is 1.65. The predicted octanol–water partition coefficient (Wildman–Crippen LogP) is 2.92. The monoisotopic (exact) mass is 320 g/mol. The highest BCUT2D eigenvalue weighted by Gasteiger charge is 2.09. The van der Waals surface area contributed by atoms with E-state index in [0.29, 0.717) is 29.6 Å². The first-order valence-electron chi connectivity index (χ1n) is 7.81. The first-order chi connectivity index (χ1) is 11.6. The van der Waals surface area contributed by atoms with Crippen molar-refractivity contribution in [2.45, 2.75) is 20.0 Å². The Bertz CT molecular complexity index is 1160. The van der Waals surface area contributed by atoms with Gasteiger partial charge in [0.05, 0.1) is 5.39 Å². The molecule has 0 aliphatic heterocycles. The van der Waals surface area contributed by atoms with Gasteiger partial charge in [-0.15, -0.1) is 0 Å². The van der Waals surface area contributed by atoms with E-state index in [1.807, 2.05) is 18.3 Å². The largest absolute Gasteiger partial charge is 0.422 e. The lowest BCUT2D eigenvalue weighted by Crippen LogP contribution is -2.23. The van der Waals surface area contributed by atoms with Crippen LogP contribution in [0.5, 0.6) is 0 Å². The molecule has 4 rings (SSSR count). The summed E-state index contributed by atoms with van der Waals surface area (Å²) >= 11 is 0. The van der Waals surface area contributed by atoms with Crippen LogP contribution < -0.4 is 11.2 Å². The first-order valence-corrected chi connectivity index (χ1v) is 7.81. The van der Waals surface area contributed by atoms with Crippen LogP contribution in [0.1, 0.15) is 5.56 Å². The highest BCUT2D eigenvalue weighted by atomic mass is 16.4. The zero-order valence-electron chi connectivity index (χ0n) is 13.2. The third-order valence-electron chi connectivity index (χ3n) is 4.33. The number of aryl methyl sites for hydroxylation is 3. The molecular weight excluding hydrogens is 304 g/mol. The van der Waals surface area contributed by atoms with Gasteiger partial charge in [0, 0.05) is 37.1 Å². The topological polar surface area (TPSA) is 57.1 Å². The molecule has 0 bridgehead atoms. The van der Waals surface area contributed by atoms with Gasteiger partial charge in [-0.2, -0.15) is 0 Å². The number of benzene rings is 1. The Hall–Kier alpha value is -3.08. The second kappa shape index (κ2) is 5.53. The molecule has 0 aliphatic rings. The van der Waals surface area contributed by atoms with Crippen molar-refractivity contribution in [1.82, 2.24) is 9.13 Å². The van der Waals surface area contributed by atoms with Gasteiger partial charge < -0.3 is 13.6 Å². The first kappa shape index (κ1) is 14.5. The molecule has 0 saturated heterocycles. The quantitative estimate of drug-likeness (QED) is 0.583. The molecule has 3 aromatic heterocycles. The normalized spacial score (nSPS) is 11.4. The van der Waals surface area contributed by atoms with E-state index in [-0.39, 0.29) is 5.56 Å². The van der Waals surface area contributed by atoms with Crippen LogP contribution in [0.3, 0.4) is 0 Å². The number of fused-ring (bicyclic) bond motifs is 2. The molecule has 1 aromatic carbocycles. The average molecular weight is 320 g/mol. The van der Waals surface area contributed by atoms with Crippen molar-refractivity contribution in [1.29, 1.82) is 0 Å². The second-order valence-corrected chi connectivity index (χ2v) is 5.87. The van der Waals surface area contributed by atoms with Crippen LogP contribution in [0.4, 0.5) is 0 Å². The van der Waals surface area contributed by atoms with Gasteiger partial charge in [0.1, 0.15) is 5.58 Å². The minimum atomic E-state index is -0.434. The Balaban J connectivity index is 1.71. The maximum atomic E-state index is 12.7. The summed E-state index contributed by atoms with van der Waals surface area (Å²) in [5.41, 5.74) is 1.56. The Morgan fingerprint density at radius 1 is 0.958 bits per heavy atom. The fraction of sp³-hybridized carbons (Fsp3) is 0.158. The Labute approximate surface area is 137 Å². The number of hydrogen-bond donors (Lipinski definition) is 0. The van der Waals surface area contributed by atoms with Crippen LogP contribution in [-0.2, 0) is 13.1 Å². The van der Waals surface area contributed by atoms with Crippen molar-refractivity contribution >= 4 is 21.9 Å². The molecular formula is C19H16N2O3. The molecule has 0 amide bonds. The molecule has 5 heteroatoms. The molecule has 4 aromatic rings. The van der Waals surface area contributed by atoms with Crippen molar-refractivity contribution in [2.75, 3.05) is 0 Å². The molecule has 0 radical (unpaired) electrons. The van der Waals surface area contributed by atoms with Crippen LogP contribution in [0, 0.1) is 6.92 Å². The van der Waals surface area contributed by atoms with Gasteiger partial charge in [0.2, 0.25) is 0 Å². The Morgan fingerprint density at radius 2 is 1.71 bits per heavy atom. The van der Waals surface area contributed by atoms with E-state index in [0.717, 1.165) is 5.52 Å². The summed E-state index contributed by atoms with van der Waals surface area (Å²) in [5.74, 6) is 0. The third-order valence-corrected chi connectivity index (χ3v) is 4.33. The summed E-state index contributed by atoms with van der Waals surface area (Å²) < 4.78 is 8.90. The molecule has 5 nitrogen and oxygen atoms in total. The SMILES string of the molecule is Cc1cc(=O)oc2ccn(CCn3ccc4ccccc43)c(=O)c12. The lowest BCUT2D eigenvalue weighted by Gasteiger charge is -2.09. The van der Waals surface area contributed by atoms with Crippen LogP contribution in [0.2, 0.25) is 0 Å². The minimum absolute atomic E-state index is 0.134. The molecule has 120 valence electrons. The number of nitrogens with zero attached hydrogens (tertiary/aromatic N) is 2. The number of para-hydroxylation sites is 1. The molecule has 0 unspecified atom stereocenters. The summed E-state index contributed by atoms with van der Waals surface area (Å²) in [4.78, 5) is 24.1. The molecule has 0 saturated carbocycles. The van der Waals surface area contributed by atoms with Crippen molar-refractivity contribution < 1.29 is 4.42 Å². The smallest absolute Gasteiger partial charge is 0.336 e. The van der Waals surface area contributed by atoms with Gasteiger partial charge in [0.25, 0.3) is 5.56 Å². The van der Waals surface area contributed by atoms with Gasteiger partial charge in [0.15, 0.2) is 0 Å². The number of rotatable bonds is 3. The molecule has 24 heavy (non-hydrogen) atoms. The second-order valence-electron chi connectivity index (χ2n) is 5.87. The van der Waals surface area contributed by atoms with E-state index < -0.39 is 5.63 Å². The number of pyridine rings is 1. The summed E-state index contributed by atoms with van der Waals surface area (Å²) in [7, 11) is 0. The summed E-state index contributed by atoms with van der Waals surface area (Å²) in [6.45, 7) is 2.99. The molecule has 0 N–H and O–H groups in total. The molecule has 3 heterocycles. The van der Waals surface area contributed by atoms with E-state index >= 15 is 0 Å². The van der Waals surface area contributed by atoms with Gasteiger partial charge in [-0.1, -0.05) is 18.2 Å². The van der Waals surface area contributed by atoms with Crippen LogP contribution >= 0.6 is 0 Å². The molecule has 0 aliphatic carbocycles. The zero-order valence-corrected chi connectivity index (χ0v) is 13.2. The fourth-order valence-electron chi connectivity index (χ4n) is 3.12. The highest BCUT2D eigenvalue weighted by Crippen LogP contribution is 2.15. The minimum Gasteiger partial charge on any atom is -0.422 e. The molecule has 0 spiro atoms. The van der Waals surface area contributed by atoms with Crippen LogP contribution in [0.25, 0.3) is 21.9 Å². The number of hydrogen-bond acceptors (Lipinski definition) is 3. The highest BCUT2D eigenvalue weighted by molar-refractivity contribution is 5.80. The van der Waals surface area contributed by atoms with Gasteiger partial charge in [-0.25, -0.2) is 4.79 Å². The maximum absolute atomic E-state index is 12.7. The van der Waals surface area contributed by atoms with Crippen molar-refractivity contribution in [3.05, 3.63) is 81.2 Å². The van der Waals surface area contributed by atoms with Crippen molar-refractivity contribution in [2.24, 2.45) is 0 Å². The van der Waals surface area contributed by atoms with E-state index in [1.165, 1.54) is 11.5 Å². The van der Waals surface area contributed by atoms with Crippen LogP contribution in [0.15, 0.2) is 68.9 Å². The summed E-state index contributed by atoms with van der Waals surface area (Å²) in [6.07, 6.45) is 3.71. The number of aromatic nitrogens is 2. The van der Waals surface area contributed by atoms with E-state index in [9.17, 15) is 9.59 Å². The van der Waals surface area contributed by atoms with Gasteiger partial charge in [-0.3, -0.25) is 4.79 Å². The zero-order chi connectivity index (χ0) is 16.7. The van der Waals surface area contributed by atoms with Gasteiger partial charge in [-0.05, 0) is 36.1 Å². The fourth-order valence-corrected chi connectivity index (χ4v) is 3.12. The maximum Gasteiger partial charge on any atom is 0.336 e. The average Bonchev–Trinajstić information content (AvgIpc) is 2.97. The van der Waals surface area contributed by atoms with Crippen LogP contribution in [-0.4, -0.2) is 9.13 Å². The third kappa shape index (κ3) is 2.34. The summed E-state index contributed by atoms with van der Waals surface area (Å²) in [6, 6.07) is 13.3. The van der Waals surface area contributed by atoms with E-state index in [2.05, 4.69) is 22.8 Å². The van der Waals surface area contributed by atoms with Gasteiger partial charge >= 0.3 is 5.63 Å². The lowest BCUT2D eigenvalue weighted by atomic mass is 10.2. The van der Waals surface area contributed by atoms with Crippen molar-refractivity contribution in [3.63, 3.8) is 0 Å². The van der Waals surface area contributed by atoms with E-state index in [1.54, 1.807) is 23.8 Å². The Kier molecular flexibility index (Phi) is 3.34. The standard InChI is InChI=1S/C19H16N2O3/c1-13-12-17(22)24-16-7-9-21(19(23)18(13)16)11-10-20-8-6-14-4-2-3-5-15(14)20/h2-9,12H,10-11H2,1H3. The lowest BCUT2D eigenvalue weighted by molar-refractivity contribution is 0.550. The molecule has 0 atom stereocenters. The van der Waals surface area contributed by atoms with Crippen molar-refractivity contribution in [3.8, 4) is 0 Å². The van der Waals surface area contributed by atoms with E-state index in [4.69, 9.17) is 4.42 Å². The molecule has 0 fully saturated rings.